The summed E-state index contributed by atoms with van der Waals surface area (Å²) in [5.41, 5.74) is 0. The van der Waals surface area contributed by atoms with E-state index in [1.54, 1.807) is 6.33 Å². The van der Waals surface area contributed by atoms with Crippen LogP contribution in [0.15, 0.2) is 12.4 Å². The minimum absolute atomic E-state index is 0.712. The maximum Gasteiger partial charge on any atom is 0.134 e. The number of hydrogen-bond acceptors (Lipinski definition) is 6. The Kier molecular flexibility index (Phi) is 4.62. The predicted molar refractivity (Wildman–Crippen MR) is 83.8 cm³/mol. The molecule has 2 aliphatic rings. The molecule has 0 amide bonds. The average Bonchev–Trinajstić information content (AvgIpc) is 2.73. The minimum Gasteiger partial charge on any atom is -0.378 e. The van der Waals surface area contributed by atoms with Gasteiger partial charge in [0.05, 0.1) is 13.2 Å². The molecule has 6 heteroatoms. The lowest BCUT2D eigenvalue weighted by Crippen LogP contribution is -2.37. The molecule has 1 aromatic heterocycles. The second-order valence-electron chi connectivity index (χ2n) is 5.46. The van der Waals surface area contributed by atoms with Gasteiger partial charge in [0, 0.05) is 38.0 Å². The van der Waals surface area contributed by atoms with Crippen LogP contribution in [-0.4, -0.2) is 60.9 Å². The highest BCUT2D eigenvalue weighted by atomic mass is 32.2. The van der Waals surface area contributed by atoms with E-state index in [1.807, 2.05) is 11.8 Å². The van der Waals surface area contributed by atoms with E-state index < -0.39 is 0 Å². The third-order valence-electron chi connectivity index (χ3n) is 3.74. The molecule has 2 saturated heterocycles. The van der Waals surface area contributed by atoms with Crippen molar-refractivity contribution in [2.24, 2.45) is 5.92 Å². The maximum atomic E-state index is 5.40. The molecular formula is C14H22N4OS. The van der Waals surface area contributed by atoms with Crippen molar-refractivity contribution in [1.82, 2.24) is 9.97 Å². The lowest BCUT2D eigenvalue weighted by atomic mass is 10.2. The Morgan fingerprint density at radius 2 is 1.90 bits per heavy atom. The van der Waals surface area contributed by atoms with E-state index in [1.165, 1.54) is 11.5 Å². The van der Waals surface area contributed by atoms with Crippen LogP contribution < -0.4 is 9.80 Å². The second kappa shape index (κ2) is 6.63. The summed E-state index contributed by atoms with van der Waals surface area (Å²) in [6, 6.07) is 2.13. The Morgan fingerprint density at radius 1 is 1.15 bits per heavy atom. The highest BCUT2D eigenvalue weighted by Gasteiger charge is 2.18. The quantitative estimate of drug-likeness (QED) is 0.823. The van der Waals surface area contributed by atoms with Crippen molar-refractivity contribution in [3.05, 3.63) is 12.4 Å². The van der Waals surface area contributed by atoms with Crippen molar-refractivity contribution in [3.63, 3.8) is 0 Å². The van der Waals surface area contributed by atoms with E-state index >= 15 is 0 Å². The summed E-state index contributed by atoms with van der Waals surface area (Å²) in [5, 5.41) is 0. The molecule has 110 valence electrons. The summed E-state index contributed by atoms with van der Waals surface area (Å²) in [4.78, 5) is 13.6. The molecule has 0 aliphatic carbocycles. The molecule has 5 nitrogen and oxygen atoms in total. The smallest absolute Gasteiger partial charge is 0.134 e. The normalized spacial score (nSPS) is 24.6. The molecule has 0 spiro atoms. The summed E-state index contributed by atoms with van der Waals surface area (Å²) >= 11 is 2.04. The van der Waals surface area contributed by atoms with E-state index in [0.717, 1.165) is 51.0 Å². The number of nitrogens with zero attached hydrogens (tertiary/aromatic N) is 4. The van der Waals surface area contributed by atoms with Crippen molar-refractivity contribution in [3.8, 4) is 0 Å². The topological polar surface area (TPSA) is 41.5 Å². The molecule has 0 saturated carbocycles. The van der Waals surface area contributed by atoms with Gasteiger partial charge in [0.1, 0.15) is 18.0 Å². The van der Waals surface area contributed by atoms with E-state index in [4.69, 9.17) is 4.74 Å². The SMILES string of the molecule is CC1CSCCN(c2cc(N3CCOCC3)ncn2)C1. The van der Waals surface area contributed by atoms with Crippen LogP contribution in [-0.2, 0) is 4.74 Å². The maximum absolute atomic E-state index is 5.40. The number of thioether (sulfide) groups is 1. The van der Waals surface area contributed by atoms with Gasteiger partial charge in [-0.25, -0.2) is 9.97 Å². The minimum atomic E-state index is 0.712. The fourth-order valence-electron chi connectivity index (χ4n) is 2.66. The number of hydrogen-bond donors (Lipinski definition) is 0. The average molecular weight is 294 g/mol. The summed E-state index contributed by atoms with van der Waals surface area (Å²) < 4.78 is 5.40. The Bertz CT molecular complexity index is 439. The standard InChI is InChI=1S/C14H22N4OS/c1-12-9-18(4-7-20-10-12)14-8-13(15-11-16-14)17-2-5-19-6-3-17/h8,11-12H,2-7,9-10H2,1H3. The van der Waals surface area contributed by atoms with Gasteiger partial charge in [0.25, 0.3) is 0 Å². The van der Waals surface area contributed by atoms with Gasteiger partial charge in [-0.1, -0.05) is 6.92 Å². The van der Waals surface area contributed by atoms with Crippen molar-refractivity contribution >= 4 is 23.4 Å². The van der Waals surface area contributed by atoms with Crippen LogP contribution in [0.4, 0.5) is 11.6 Å². The Morgan fingerprint density at radius 3 is 2.70 bits per heavy atom. The molecule has 0 radical (unpaired) electrons. The van der Waals surface area contributed by atoms with Crippen molar-refractivity contribution in [2.75, 3.05) is 60.7 Å². The Hall–Kier alpha value is -1.01. The van der Waals surface area contributed by atoms with Gasteiger partial charge in [-0.2, -0.15) is 11.8 Å². The van der Waals surface area contributed by atoms with Gasteiger partial charge in [0.15, 0.2) is 0 Å². The second-order valence-corrected chi connectivity index (χ2v) is 6.61. The molecule has 20 heavy (non-hydrogen) atoms. The third-order valence-corrected chi connectivity index (χ3v) is 5.01. The van der Waals surface area contributed by atoms with Crippen molar-refractivity contribution in [1.29, 1.82) is 0 Å². The van der Waals surface area contributed by atoms with E-state index in [2.05, 4.69) is 32.8 Å². The van der Waals surface area contributed by atoms with Crippen LogP contribution in [0.25, 0.3) is 0 Å². The molecule has 2 aliphatic heterocycles. The van der Waals surface area contributed by atoms with Crippen LogP contribution in [0.2, 0.25) is 0 Å². The monoisotopic (exact) mass is 294 g/mol. The molecule has 0 aromatic carbocycles. The Labute approximate surface area is 124 Å². The molecule has 1 aromatic rings. The molecule has 0 bridgehead atoms. The van der Waals surface area contributed by atoms with Gasteiger partial charge in [-0.3, -0.25) is 0 Å². The number of rotatable bonds is 2. The number of aromatic nitrogens is 2. The van der Waals surface area contributed by atoms with Crippen LogP contribution >= 0.6 is 11.8 Å². The first-order valence-corrected chi connectivity index (χ1v) is 8.46. The first kappa shape index (κ1) is 13.9. The van der Waals surface area contributed by atoms with Gasteiger partial charge in [-0.05, 0) is 11.7 Å². The summed E-state index contributed by atoms with van der Waals surface area (Å²) in [5.74, 6) is 5.24. The fraction of sp³-hybridized carbons (Fsp3) is 0.714. The molecule has 3 heterocycles. The first-order valence-electron chi connectivity index (χ1n) is 7.30. The van der Waals surface area contributed by atoms with E-state index in [0.29, 0.717) is 5.92 Å². The zero-order chi connectivity index (χ0) is 13.8. The highest BCUT2D eigenvalue weighted by molar-refractivity contribution is 7.99. The van der Waals surface area contributed by atoms with E-state index in [9.17, 15) is 0 Å². The lowest BCUT2D eigenvalue weighted by molar-refractivity contribution is 0.122. The molecular weight excluding hydrogens is 272 g/mol. The highest BCUT2D eigenvalue weighted by Crippen LogP contribution is 2.23. The number of anilines is 2. The zero-order valence-electron chi connectivity index (χ0n) is 12.0. The molecule has 1 atom stereocenters. The number of morpholine rings is 1. The Balaban J connectivity index is 1.75. The van der Waals surface area contributed by atoms with Gasteiger partial charge >= 0.3 is 0 Å². The van der Waals surface area contributed by atoms with Crippen LogP contribution in [0.1, 0.15) is 6.92 Å². The molecule has 2 fully saturated rings. The first-order chi connectivity index (χ1) is 9.83. The zero-order valence-corrected chi connectivity index (χ0v) is 12.8. The lowest BCUT2D eigenvalue weighted by Gasteiger charge is -2.29. The van der Waals surface area contributed by atoms with Gasteiger partial charge in [0.2, 0.25) is 0 Å². The van der Waals surface area contributed by atoms with E-state index in [-0.39, 0.29) is 0 Å². The van der Waals surface area contributed by atoms with Crippen LogP contribution in [0.5, 0.6) is 0 Å². The van der Waals surface area contributed by atoms with Crippen molar-refractivity contribution in [2.45, 2.75) is 6.92 Å². The summed E-state index contributed by atoms with van der Waals surface area (Å²) in [7, 11) is 0. The van der Waals surface area contributed by atoms with Crippen molar-refractivity contribution < 1.29 is 4.74 Å². The molecule has 3 rings (SSSR count). The van der Waals surface area contributed by atoms with Gasteiger partial charge in [-0.15, -0.1) is 0 Å². The van der Waals surface area contributed by atoms with Gasteiger partial charge < -0.3 is 14.5 Å². The predicted octanol–water partition coefficient (Wildman–Crippen LogP) is 1.50. The summed E-state index contributed by atoms with van der Waals surface area (Å²) in [6.45, 7) is 7.90. The largest absolute Gasteiger partial charge is 0.378 e. The fourth-order valence-corrected chi connectivity index (χ4v) is 3.69. The molecule has 1 unspecified atom stereocenters. The third kappa shape index (κ3) is 3.35. The molecule has 0 N–H and O–H groups in total. The summed E-state index contributed by atoms with van der Waals surface area (Å²) in [6.07, 6.45) is 1.70. The number of ether oxygens (including phenoxy) is 1. The van der Waals surface area contributed by atoms with Crippen LogP contribution in [0.3, 0.4) is 0 Å². The van der Waals surface area contributed by atoms with Crippen LogP contribution in [0, 0.1) is 5.92 Å².